The fraction of sp³-hybridized carbons (Fsp3) is 1.00. The van der Waals surface area contributed by atoms with Gasteiger partial charge in [0.15, 0.2) is 0 Å². The van der Waals surface area contributed by atoms with Crippen LogP contribution in [-0.2, 0) is 0 Å². The van der Waals surface area contributed by atoms with Crippen molar-refractivity contribution in [3.8, 4) is 0 Å². The van der Waals surface area contributed by atoms with Crippen LogP contribution in [0.4, 0.5) is 0 Å². The smallest absolute Gasteiger partial charge is 0.0438 e. The molecule has 0 aromatic heterocycles. The van der Waals surface area contributed by atoms with Gasteiger partial charge in [0.25, 0.3) is 0 Å². The first-order chi connectivity index (χ1) is 3.81. The van der Waals surface area contributed by atoms with Crippen LogP contribution in [0.1, 0.15) is 13.3 Å². The second-order valence-electron chi connectivity index (χ2n) is 2.00. The fourth-order valence-corrected chi connectivity index (χ4v) is 1.24. The molecule has 0 saturated heterocycles. The van der Waals surface area contributed by atoms with Crippen LogP contribution < -0.4 is 0 Å². The molecule has 50 valence electrons. The van der Waals surface area contributed by atoms with E-state index in [1.54, 1.807) is 0 Å². The second-order valence-corrected chi connectivity index (χ2v) is 2.83. The molecule has 0 saturated carbocycles. The molecule has 0 fully saturated rings. The van der Waals surface area contributed by atoms with Gasteiger partial charge in [-0.05, 0) is 26.3 Å². The summed E-state index contributed by atoms with van der Waals surface area (Å²) >= 11 is 1.88. The molecule has 0 amide bonds. The van der Waals surface area contributed by atoms with E-state index in [1.807, 2.05) is 11.8 Å². The van der Waals surface area contributed by atoms with E-state index in [0.717, 1.165) is 5.88 Å². The molecular weight excluding hydrogens is 118 g/mol. The molecule has 8 heavy (non-hydrogen) atoms. The lowest BCUT2D eigenvalue weighted by Gasteiger charge is -2.12. The fourth-order valence-electron chi connectivity index (χ4n) is 0.667. The van der Waals surface area contributed by atoms with Gasteiger partial charge >= 0.3 is 0 Å². The van der Waals surface area contributed by atoms with Crippen molar-refractivity contribution in [3.05, 3.63) is 0 Å². The van der Waals surface area contributed by atoms with Crippen LogP contribution in [0.3, 0.4) is 0 Å². The molecule has 0 radical (unpaired) electrons. The lowest BCUT2D eigenvalue weighted by molar-refractivity contribution is 0.393. The van der Waals surface area contributed by atoms with Crippen molar-refractivity contribution >= 4 is 11.8 Å². The molecule has 0 rings (SSSR count). The zero-order valence-electron chi connectivity index (χ0n) is 5.98. The topological polar surface area (TPSA) is 3.24 Å². The van der Waals surface area contributed by atoms with Crippen LogP contribution >= 0.6 is 11.8 Å². The zero-order chi connectivity index (χ0) is 6.41. The highest BCUT2D eigenvalue weighted by atomic mass is 32.2. The van der Waals surface area contributed by atoms with Gasteiger partial charge in [-0.25, -0.2) is 0 Å². The summed E-state index contributed by atoms with van der Waals surface area (Å²) in [4.78, 5) is 2.32. The van der Waals surface area contributed by atoms with E-state index in [1.165, 1.54) is 13.0 Å². The average Bonchev–Trinajstić information content (AvgIpc) is 1.68. The Hall–Kier alpha value is 0.310. The Morgan fingerprint density at radius 3 is 2.50 bits per heavy atom. The molecule has 0 aliphatic rings. The summed E-state index contributed by atoms with van der Waals surface area (Å²) in [7, 11) is 2.15. The zero-order valence-corrected chi connectivity index (χ0v) is 6.79. The maximum Gasteiger partial charge on any atom is 0.0438 e. The van der Waals surface area contributed by atoms with E-state index in [9.17, 15) is 0 Å². The summed E-state index contributed by atoms with van der Waals surface area (Å²) in [5.41, 5.74) is 0. The third kappa shape index (κ3) is 4.47. The highest BCUT2D eigenvalue weighted by Crippen LogP contribution is 1.95. The summed E-state index contributed by atoms with van der Waals surface area (Å²) in [5, 5.41) is 0. The Kier molecular flexibility index (Phi) is 5.66. The quantitative estimate of drug-likeness (QED) is 0.536. The summed E-state index contributed by atoms with van der Waals surface area (Å²) in [5.74, 6) is 1.16. The van der Waals surface area contributed by atoms with Crippen molar-refractivity contribution in [2.24, 2.45) is 0 Å². The molecule has 0 aliphatic heterocycles. The molecule has 2 heteroatoms. The van der Waals surface area contributed by atoms with E-state index >= 15 is 0 Å². The summed E-state index contributed by atoms with van der Waals surface area (Å²) in [6.07, 6.45) is 3.39. The van der Waals surface area contributed by atoms with Gasteiger partial charge in [-0.3, -0.25) is 4.90 Å². The summed E-state index contributed by atoms with van der Waals surface area (Å²) in [6, 6.07) is 0. The first-order valence-corrected chi connectivity index (χ1v) is 4.38. The molecule has 0 aromatic carbocycles. The van der Waals surface area contributed by atoms with Crippen LogP contribution in [0.15, 0.2) is 0 Å². The maximum absolute atomic E-state index is 2.32. The van der Waals surface area contributed by atoms with Gasteiger partial charge in [0.05, 0.1) is 0 Å². The second kappa shape index (κ2) is 5.45. The van der Waals surface area contributed by atoms with Gasteiger partial charge < -0.3 is 0 Å². The van der Waals surface area contributed by atoms with Crippen LogP contribution in [0.2, 0.25) is 0 Å². The lowest BCUT2D eigenvalue weighted by Crippen LogP contribution is -2.17. The molecule has 0 N–H and O–H groups in total. The molecule has 0 aliphatic carbocycles. The van der Waals surface area contributed by atoms with Crippen molar-refractivity contribution < 1.29 is 0 Å². The number of nitrogens with zero attached hydrogens (tertiary/aromatic N) is 1. The molecule has 0 heterocycles. The van der Waals surface area contributed by atoms with Crippen LogP contribution in [0.25, 0.3) is 0 Å². The van der Waals surface area contributed by atoms with Crippen molar-refractivity contribution in [3.63, 3.8) is 0 Å². The number of thioether (sulfide) groups is 1. The summed E-state index contributed by atoms with van der Waals surface area (Å²) < 4.78 is 0. The number of rotatable bonds is 4. The first-order valence-electron chi connectivity index (χ1n) is 2.98. The van der Waals surface area contributed by atoms with Gasteiger partial charge in [0, 0.05) is 5.88 Å². The minimum atomic E-state index is 1.16. The van der Waals surface area contributed by atoms with E-state index in [4.69, 9.17) is 0 Å². The Balaban J connectivity index is 2.92. The number of hydrogen-bond donors (Lipinski definition) is 0. The third-order valence-corrected chi connectivity index (χ3v) is 1.65. The molecule has 0 unspecified atom stereocenters. The van der Waals surface area contributed by atoms with Gasteiger partial charge in [0.1, 0.15) is 0 Å². The van der Waals surface area contributed by atoms with Crippen LogP contribution in [-0.4, -0.2) is 30.6 Å². The van der Waals surface area contributed by atoms with Crippen molar-refractivity contribution in [1.82, 2.24) is 4.90 Å². The summed E-state index contributed by atoms with van der Waals surface area (Å²) in [6.45, 7) is 3.43. The highest BCUT2D eigenvalue weighted by molar-refractivity contribution is 7.98. The van der Waals surface area contributed by atoms with Crippen molar-refractivity contribution in [2.75, 3.05) is 25.7 Å². The number of hydrogen-bond acceptors (Lipinski definition) is 2. The maximum atomic E-state index is 2.32. The predicted octanol–water partition coefficient (Wildman–Crippen LogP) is 1.65. The Bertz CT molecular complexity index is 41.8. The van der Waals surface area contributed by atoms with Crippen LogP contribution in [0.5, 0.6) is 0 Å². The monoisotopic (exact) mass is 133 g/mol. The Morgan fingerprint density at radius 1 is 1.50 bits per heavy atom. The van der Waals surface area contributed by atoms with Crippen LogP contribution in [0, 0.1) is 0 Å². The first kappa shape index (κ1) is 8.31. The van der Waals surface area contributed by atoms with Gasteiger partial charge in [0.2, 0.25) is 0 Å². The van der Waals surface area contributed by atoms with E-state index in [2.05, 4.69) is 25.1 Å². The normalized spacial score (nSPS) is 10.5. The van der Waals surface area contributed by atoms with E-state index < -0.39 is 0 Å². The lowest BCUT2D eigenvalue weighted by atomic mass is 10.5. The highest BCUT2D eigenvalue weighted by Gasteiger charge is 1.90. The largest absolute Gasteiger partial charge is 0.297 e. The van der Waals surface area contributed by atoms with E-state index in [0.29, 0.717) is 0 Å². The third-order valence-electron chi connectivity index (χ3n) is 0.955. The molecular formula is C6H15NS. The standard InChI is InChI=1S/C6H15NS/c1-4-5-7(2)6-8-3/h4-6H2,1-3H3. The van der Waals surface area contributed by atoms with E-state index in [-0.39, 0.29) is 0 Å². The minimum Gasteiger partial charge on any atom is -0.297 e. The molecule has 0 bridgehead atoms. The predicted molar refractivity (Wildman–Crippen MR) is 41.3 cm³/mol. The van der Waals surface area contributed by atoms with Crippen molar-refractivity contribution in [1.29, 1.82) is 0 Å². The van der Waals surface area contributed by atoms with Crippen molar-refractivity contribution in [2.45, 2.75) is 13.3 Å². The van der Waals surface area contributed by atoms with Gasteiger partial charge in [-0.15, -0.1) is 11.8 Å². The molecule has 0 spiro atoms. The minimum absolute atomic E-state index is 1.16. The Labute approximate surface area is 56.4 Å². The van der Waals surface area contributed by atoms with Gasteiger partial charge in [-0.2, -0.15) is 0 Å². The molecule has 0 aromatic rings. The Morgan fingerprint density at radius 2 is 2.12 bits per heavy atom. The average molecular weight is 133 g/mol. The van der Waals surface area contributed by atoms with Gasteiger partial charge in [-0.1, -0.05) is 6.92 Å². The molecule has 0 atom stereocenters. The SMILES string of the molecule is CCCN(C)CSC. The molecule has 1 nitrogen and oxygen atoms in total.